The molecule has 29 heavy (non-hydrogen) atoms. The van der Waals surface area contributed by atoms with Crippen LogP contribution in [-0.2, 0) is 4.79 Å². The maximum absolute atomic E-state index is 12.3. The van der Waals surface area contributed by atoms with E-state index in [1.54, 1.807) is 42.5 Å². The van der Waals surface area contributed by atoms with Crippen molar-refractivity contribution >= 4 is 23.4 Å². The molecule has 0 saturated carbocycles. The second-order valence-electron chi connectivity index (χ2n) is 5.87. The summed E-state index contributed by atoms with van der Waals surface area (Å²) in [7, 11) is 0. The Morgan fingerprint density at radius 2 is 1.69 bits per heavy atom. The summed E-state index contributed by atoms with van der Waals surface area (Å²) < 4.78 is 16.5. The first-order valence-electron chi connectivity index (χ1n) is 9.36. The van der Waals surface area contributed by atoms with Crippen molar-refractivity contribution < 1.29 is 23.8 Å². The van der Waals surface area contributed by atoms with Gasteiger partial charge >= 0.3 is 0 Å². The number of carbonyl (C=O) groups excluding carboxylic acids is 2. The highest BCUT2D eigenvalue weighted by molar-refractivity contribution is 6.30. The van der Waals surface area contributed by atoms with Crippen LogP contribution in [0.1, 0.15) is 24.2 Å². The predicted octanol–water partition coefficient (Wildman–Crippen LogP) is 3.06. The van der Waals surface area contributed by atoms with Crippen molar-refractivity contribution in [3.8, 4) is 17.2 Å². The number of nitrogens with one attached hydrogen (secondary N) is 2. The first-order valence-corrected chi connectivity index (χ1v) is 9.74. The molecule has 0 aliphatic carbocycles. The van der Waals surface area contributed by atoms with Crippen molar-refractivity contribution in [3.63, 3.8) is 0 Å². The number of hydrogen-bond acceptors (Lipinski definition) is 5. The van der Waals surface area contributed by atoms with E-state index in [1.165, 1.54) is 0 Å². The van der Waals surface area contributed by atoms with Crippen LogP contribution in [0.3, 0.4) is 0 Å². The molecule has 0 aliphatic heterocycles. The van der Waals surface area contributed by atoms with Crippen LogP contribution in [-0.4, -0.2) is 44.7 Å². The van der Waals surface area contributed by atoms with Crippen molar-refractivity contribution in [1.29, 1.82) is 0 Å². The highest BCUT2D eigenvalue weighted by atomic mass is 35.5. The van der Waals surface area contributed by atoms with Crippen LogP contribution in [0.15, 0.2) is 42.5 Å². The lowest BCUT2D eigenvalue weighted by Gasteiger charge is -2.12. The van der Waals surface area contributed by atoms with Crippen molar-refractivity contribution in [2.24, 2.45) is 0 Å². The third-order valence-electron chi connectivity index (χ3n) is 3.70. The van der Waals surface area contributed by atoms with Gasteiger partial charge in [0.15, 0.2) is 11.5 Å². The fraction of sp³-hybridized carbons (Fsp3) is 0.333. The lowest BCUT2D eigenvalue weighted by molar-refractivity contribution is -0.120. The summed E-state index contributed by atoms with van der Waals surface area (Å²) in [6.07, 6.45) is 0. The summed E-state index contributed by atoms with van der Waals surface area (Å²) in [5.41, 5.74) is 0.383. The monoisotopic (exact) mass is 420 g/mol. The minimum absolute atomic E-state index is 0.146. The van der Waals surface area contributed by atoms with E-state index in [2.05, 4.69) is 10.6 Å². The Labute approximate surface area is 175 Å². The molecule has 0 aliphatic rings. The first kappa shape index (κ1) is 22.4. The van der Waals surface area contributed by atoms with Crippen LogP contribution in [0, 0.1) is 0 Å². The van der Waals surface area contributed by atoms with Gasteiger partial charge < -0.3 is 24.8 Å². The standard InChI is InChI=1S/C21H25ClN2O5/c1-3-27-18-9-8-15(12-19(18)28-4-2)21(26)24-14-20(25)23-10-11-29-17-7-5-6-16(22)13-17/h5-9,12-13H,3-4,10-11,14H2,1-2H3,(H,23,25)(H,24,26). The Bertz CT molecular complexity index is 828. The Hall–Kier alpha value is -2.93. The molecule has 0 fully saturated rings. The molecular formula is C21H25ClN2O5. The van der Waals surface area contributed by atoms with E-state index in [1.807, 2.05) is 13.8 Å². The molecule has 2 rings (SSSR count). The highest BCUT2D eigenvalue weighted by Crippen LogP contribution is 2.28. The summed E-state index contributed by atoms with van der Waals surface area (Å²) in [4.78, 5) is 24.2. The highest BCUT2D eigenvalue weighted by Gasteiger charge is 2.12. The normalized spacial score (nSPS) is 10.2. The number of ether oxygens (including phenoxy) is 3. The molecule has 0 spiro atoms. The van der Waals surface area contributed by atoms with E-state index in [0.717, 1.165) is 0 Å². The molecule has 8 heteroatoms. The first-order chi connectivity index (χ1) is 14.0. The van der Waals surface area contributed by atoms with E-state index in [-0.39, 0.29) is 25.0 Å². The molecule has 7 nitrogen and oxygen atoms in total. The molecule has 0 saturated heterocycles. The Balaban J connectivity index is 1.76. The molecule has 0 unspecified atom stereocenters. The summed E-state index contributed by atoms with van der Waals surface area (Å²) in [6.45, 7) is 5.11. The Kier molecular flexibility index (Phi) is 9.11. The lowest BCUT2D eigenvalue weighted by atomic mass is 10.2. The van der Waals surface area contributed by atoms with E-state index in [0.29, 0.717) is 47.6 Å². The fourth-order valence-electron chi connectivity index (χ4n) is 2.43. The molecule has 0 heterocycles. The molecule has 0 radical (unpaired) electrons. The third-order valence-corrected chi connectivity index (χ3v) is 3.94. The second kappa shape index (κ2) is 11.8. The number of carbonyl (C=O) groups is 2. The zero-order valence-corrected chi connectivity index (χ0v) is 17.3. The Morgan fingerprint density at radius 1 is 0.931 bits per heavy atom. The number of halogens is 1. The maximum Gasteiger partial charge on any atom is 0.251 e. The van der Waals surface area contributed by atoms with Crippen molar-refractivity contribution in [2.75, 3.05) is 32.9 Å². The summed E-state index contributed by atoms with van der Waals surface area (Å²) in [5, 5.41) is 5.84. The Morgan fingerprint density at radius 3 is 2.41 bits per heavy atom. The van der Waals surface area contributed by atoms with E-state index in [9.17, 15) is 9.59 Å². The van der Waals surface area contributed by atoms with Crippen LogP contribution < -0.4 is 24.8 Å². The van der Waals surface area contributed by atoms with Crippen molar-refractivity contribution in [1.82, 2.24) is 10.6 Å². The van der Waals surface area contributed by atoms with E-state index < -0.39 is 0 Å². The van der Waals surface area contributed by atoms with Crippen LogP contribution in [0.5, 0.6) is 17.2 Å². The zero-order valence-electron chi connectivity index (χ0n) is 16.5. The molecule has 2 aromatic rings. The number of benzene rings is 2. The lowest BCUT2D eigenvalue weighted by Crippen LogP contribution is -2.38. The van der Waals surface area contributed by atoms with Gasteiger partial charge in [-0.1, -0.05) is 17.7 Å². The fourth-order valence-corrected chi connectivity index (χ4v) is 2.61. The van der Waals surface area contributed by atoms with Crippen molar-refractivity contribution in [2.45, 2.75) is 13.8 Å². The molecule has 0 atom stereocenters. The second-order valence-corrected chi connectivity index (χ2v) is 6.30. The van der Waals surface area contributed by atoms with E-state index in [4.69, 9.17) is 25.8 Å². The topological polar surface area (TPSA) is 85.9 Å². The molecule has 2 aromatic carbocycles. The van der Waals surface area contributed by atoms with Gasteiger partial charge in [0, 0.05) is 10.6 Å². The molecule has 2 N–H and O–H groups in total. The van der Waals surface area contributed by atoms with Gasteiger partial charge in [0.2, 0.25) is 5.91 Å². The number of hydrogen-bond donors (Lipinski definition) is 2. The van der Waals surface area contributed by atoms with Gasteiger partial charge in [-0.3, -0.25) is 9.59 Å². The van der Waals surface area contributed by atoms with Gasteiger partial charge in [0.05, 0.1) is 26.3 Å². The number of amides is 2. The average molecular weight is 421 g/mol. The van der Waals surface area contributed by atoms with Crippen LogP contribution in [0.4, 0.5) is 0 Å². The van der Waals surface area contributed by atoms with Gasteiger partial charge in [0.25, 0.3) is 5.91 Å². The summed E-state index contributed by atoms with van der Waals surface area (Å²) in [5.74, 6) is 0.997. The minimum atomic E-state index is -0.376. The SMILES string of the molecule is CCOc1ccc(C(=O)NCC(=O)NCCOc2cccc(Cl)c2)cc1OCC. The van der Waals surface area contributed by atoms with Gasteiger partial charge in [-0.2, -0.15) is 0 Å². The van der Waals surface area contributed by atoms with Crippen LogP contribution >= 0.6 is 11.6 Å². The molecule has 2 amide bonds. The van der Waals surface area contributed by atoms with Crippen LogP contribution in [0.2, 0.25) is 5.02 Å². The van der Waals surface area contributed by atoms with E-state index >= 15 is 0 Å². The van der Waals surface area contributed by atoms with Gasteiger partial charge in [-0.15, -0.1) is 0 Å². The third kappa shape index (κ3) is 7.54. The summed E-state index contributed by atoms with van der Waals surface area (Å²) >= 11 is 5.88. The maximum atomic E-state index is 12.3. The quantitative estimate of drug-likeness (QED) is 0.546. The van der Waals surface area contributed by atoms with Gasteiger partial charge in [-0.05, 0) is 50.2 Å². The average Bonchev–Trinajstić information content (AvgIpc) is 2.71. The largest absolute Gasteiger partial charge is 0.492 e. The zero-order chi connectivity index (χ0) is 21.1. The number of rotatable bonds is 11. The van der Waals surface area contributed by atoms with Gasteiger partial charge in [-0.25, -0.2) is 0 Å². The molecule has 0 aromatic heterocycles. The predicted molar refractivity (Wildman–Crippen MR) is 111 cm³/mol. The molecule has 0 bridgehead atoms. The molecular weight excluding hydrogens is 396 g/mol. The molecule has 156 valence electrons. The smallest absolute Gasteiger partial charge is 0.251 e. The summed E-state index contributed by atoms with van der Waals surface area (Å²) in [6, 6.07) is 11.9. The van der Waals surface area contributed by atoms with Crippen molar-refractivity contribution in [3.05, 3.63) is 53.1 Å². The van der Waals surface area contributed by atoms with Gasteiger partial charge in [0.1, 0.15) is 12.4 Å². The minimum Gasteiger partial charge on any atom is -0.492 e. The van der Waals surface area contributed by atoms with Crippen LogP contribution in [0.25, 0.3) is 0 Å².